The number of para-hydroxylation sites is 1. The number of carbonyl (C=O) groups is 1. The van der Waals surface area contributed by atoms with Gasteiger partial charge in [0.15, 0.2) is 11.3 Å². The van der Waals surface area contributed by atoms with E-state index >= 15 is 0 Å². The van der Waals surface area contributed by atoms with Gasteiger partial charge in [0.25, 0.3) is 5.91 Å². The van der Waals surface area contributed by atoms with Crippen LogP contribution in [0.15, 0.2) is 58.6 Å². The van der Waals surface area contributed by atoms with E-state index in [0.29, 0.717) is 10.9 Å². The molecule has 2 aromatic rings. The van der Waals surface area contributed by atoms with Gasteiger partial charge in [0.05, 0.1) is 5.36 Å². The maximum absolute atomic E-state index is 12.7. The third-order valence-corrected chi connectivity index (χ3v) is 4.99. The number of hydrogen-bond acceptors (Lipinski definition) is 6. The second kappa shape index (κ2) is 6.49. The molecule has 0 saturated heterocycles. The van der Waals surface area contributed by atoms with Crippen LogP contribution in [0.25, 0.3) is 5.70 Å². The van der Waals surface area contributed by atoms with Crippen molar-refractivity contribution in [2.75, 3.05) is 25.3 Å². The molecule has 0 radical (unpaired) electrons. The zero-order chi connectivity index (χ0) is 18.3. The zero-order valence-electron chi connectivity index (χ0n) is 14.8. The van der Waals surface area contributed by atoms with Gasteiger partial charge >= 0.3 is 0 Å². The van der Waals surface area contributed by atoms with E-state index < -0.39 is 0 Å². The molecule has 0 bridgehead atoms. The number of hydrogen-bond donors (Lipinski definition) is 1. The lowest BCUT2D eigenvalue weighted by Gasteiger charge is -2.34. The number of hydrazone groups is 1. The molecule has 0 aromatic heterocycles. The predicted octanol–water partition coefficient (Wildman–Crippen LogP) is 1.26. The van der Waals surface area contributed by atoms with Crippen molar-refractivity contribution in [1.29, 1.82) is 0 Å². The Morgan fingerprint density at radius 1 is 1.12 bits per heavy atom. The summed E-state index contributed by atoms with van der Waals surface area (Å²) >= 11 is 1.40. The first kappa shape index (κ1) is 16.7. The van der Waals surface area contributed by atoms with Crippen LogP contribution in [-0.4, -0.2) is 36.4 Å². The summed E-state index contributed by atoms with van der Waals surface area (Å²) in [5.41, 5.74) is 2.63. The van der Waals surface area contributed by atoms with Gasteiger partial charge in [-0.2, -0.15) is 0 Å². The fraction of sp³-hybridized carbons (Fsp3) is 0.211. The molecule has 2 aliphatic rings. The van der Waals surface area contributed by atoms with E-state index in [9.17, 15) is 4.79 Å². The van der Waals surface area contributed by atoms with Crippen molar-refractivity contribution in [3.05, 3.63) is 64.7 Å². The topological polar surface area (TPSA) is 60.3 Å². The Morgan fingerprint density at radius 2 is 1.85 bits per heavy atom. The van der Waals surface area contributed by atoms with Crippen molar-refractivity contribution in [2.24, 2.45) is 10.1 Å². The number of fused-ring (bicyclic) bond motifs is 2. The van der Waals surface area contributed by atoms with Gasteiger partial charge in [-0.1, -0.05) is 42.1 Å². The largest absolute Gasteiger partial charge is 0.378 e. The average Bonchev–Trinajstić information content (AvgIpc) is 2.67. The quantitative estimate of drug-likeness (QED) is 0.870. The Morgan fingerprint density at radius 3 is 2.54 bits per heavy atom. The highest BCUT2D eigenvalue weighted by Gasteiger charge is 2.34. The maximum Gasteiger partial charge on any atom is 0.276 e. The third kappa shape index (κ3) is 2.74. The Labute approximate surface area is 155 Å². The highest BCUT2D eigenvalue weighted by molar-refractivity contribution is 8.13. The number of anilines is 1. The second-order valence-electron chi connectivity index (χ2n) is 6.26. The fourth-order valence-corrected chi connectivity index (χ4v) is 3.45. The molecule has 2 aromatic carbocycles. The summed E-state index contributed by atoms with van der Waals surface area (Å²) in [6, 6.07) is 15.9. The van der Waals surface area contributed by atoms with Gasteiger partial charge in [-0.3, -0.25) is 15.1 Å². The van der Waals surface area contributed by atoms with Crippen molar-refractivity contribution in [3.8, 4) is 0 Å². The molecule has 7 heteroatoms. The fourth-order valence-electron chi connectivity index (χ4n) is 3.08. The number of thioether (sulfide) groups is 1. The Balaban J connectivity index is 1.90. The second-order valence-corrected chi connectivity index (χ2v) is 7.06. The lowest BCUT2D eigenvalue weighted by Crippen LogP contribution is -2.50. The molecule has 1 N–H and O–H groups in total. The number of benzene rings is 2. The van der Waals surface area contributed by atoms with Crippen molar-refractivity contribution in [1.82, 2.24) is 10.3 Å². The summed E-state index contributed by atoms with van der Waals surface area (Å²) in [5.74, 6) is -0.151. The zero-order valence-corrected chi connectivity index (χ0v) is 15.6. The summed E-state index contributed by atoms with van der Waals surface area (Å²) in [6.07, 6.45) is 1.52. The highest BCUT2D eigenvalue weighted by Crippen LogP contribution is 2.31. The van der Waals surface area contributed by atoms with Crippen LogP contribution in [0.4, 0.5) is 5.69 Å². The number of nitrogens with zero attached hydrogens (tertiary/aromatic N) is 4. The number of nitrogens with one attached hydrogen (secondary N) is 1. The molecule has 132 valence electrons. The minimum Gasteiger partial charge on any atom is -0.378 e. The van der Waals surface area contributed by atoms with Crippen molar-refractivity contribution >= 4 is 34.2 Å². The van der Waals surface area contributed by atoms with Crippen LogP contribution in [0.3, 0.4) is 0 Å². The molecule has 0 spiro atoms. The van der Waals surface area contributed by atoms with Crippen LogP contribution < -0.4 is 20.8 Å². The molecule has 4 rings (SSSR count). The Hall–Kier alpha value is -2.80. The summed E-state index contributed by atoms with van der Waals surface area (Å²) in [5, 5.41) is 11.4. The van der Waals surface area contributed by atoms with Gasteiger partial charge in [-0.15, -0.1) is 5.10 Å². The van der Waals surface area contributed by atoms with Crippen LogP contribution in [0, 0.1) is 0 Å². The summed E-state index contributed by atoms with van der Waals surface area (Å²) in [6.45, 7) is 0. The van der Waals surface area contributed by atoms with E-state index in [-0.39, 0.29) is 12.1 Å². The molecule has 0 saturated carbocycles. The molecule has 1 atom stereocenters. The average molecular weight is 365 g/mol. The molecular formula is C19H19N5OS. The predicted molar refractivity (Wildman–Crippen MR) is 105 cm³/mol. The van der Waals surface area contributed by atoms with Crippen LogP contribution in [-0.2, 0) is 4.79 Å². The normalized spacial score (nSPS) is 18.3. The summed E-state index contributed by atoms with van der Waals surface area (Å²) in [4.78, 5) is 19.7. The monoisotopic (exact) mass is 365 g/mol. The smallest absolute Gasteiger partial charge is 0.276 e. The van der Waals surface area contributed by atoms with E-state index in [0.717, 1.165) is 21.8 Å². The summed E-state index contributed by atoms with van der Waals surface area (Å²) in [7, 11) is 4.01. The van der Waals surface area contributed by atoms with Gasteiger partial charge in [0.2, 0.25) is 0 Å². The van der Waals surface area contributed by atoms with Crippen LogP contribution in [0.5, 0.6) is 0 Å². The lowest BCUT2D eigenvalue weighted by molar-refractivity contribution is -0.116. The van der Waals surface area contributed by atoms with E-state index in [4.69, 9.17) is 4.99 Å². The van der Waals surface area contributed by atoms with Crippen LogP contribution in [0.1, 0.15) is 11.7 Å². The Bertz CT molecular complexity index is 1010. The van der Waals surface area contributed by atoms with Crippen molar-refractivity contribution in [3.63, 3.8) is 0 Å². The van der Waals surface area contributed by atoms with Gasteiger partial charge in [-0.25, -0.2) is 5.01 Å². The molecule has 0 aliphatic carbocycles. The van der Waals surface area contributed by atoms with Crippen molar-refractivity contribution < 1.29 is 4.79 Å². The van der Waals surface area contributed by atoms with E-state index in [1.165, 1.54) is 11.8 Å². The first-order chi connectivity index (χ1) is 12.6. The molecule has 0 unspecified atom stereocenters. The summed E-state index contributed by atoms with van der Waals surface area (Å²) < 4.78 is 0. The number of amidine groups is 1. The number of rotatable bonds is 2. The molecule has 2 heterocycles. The first-order valence-electron chi connectivity index (χ1n) is 8.26. The van der Waals surface area contributed by atoms with E-state index in [2.05, 4.69) is 10.4 Å². The van der Waals surface area contributed by atoms with Gasteiger partial charge in [-0.05, 0) is 30.0 Å². The third-order valence-electron chi connectivity index (χ3n) is 4.42. The molecule has 2 aliphatic heterocycles. The maximum atomic E-state index is 12.7. The standard InChI is InChI=1S/C19H19N5OS/c1-23(2)13-10-8-12(9-11-13)17-20-15-7-5-4-6-14(15)16-18(25)21-19(26-3)22-24(16)17/h4-11,17H,1-3H3,(H,21,22,25)/t17-/m1/s1. The Kier molecular flexibility index (Phi) is 4.16. The molecular weight excluding hydrogens is 346 g/mol. The van der Waals surface area contributed by atoms with Crippen molar-refractivity contribution in [2.45, 2.75) is 6.17 Å². The van der Waals surface area contributed by atoms with Crippen LogP contribution >= 0.6 is 11.8 Å². The SMILES string of the molecule is CSC1=NN2C(=c3ccccc3=N[C@H]2c2ccc(N(C)C)cc2)C(=O)N1. The highest BCUT2D eigenvalue weighted by atomic mass is 32.2. The minimum atomic E-state index is -0.371. The molecule has 1 amide bonds. The lowest BCUT2D eigenvalue weighted by atomic mass is 10.1. The number of amides is 1. The molecule has 6 nitrogen and oxygen atoms in total. The molecule has 26 heavy (non-hydrogen) atoms. The van der Waals surface area contributed by atoms with E-state index in [1.807, 2.05) is 73.8 Å². The minimum absolute atomic E-state index is 0.151. The van der Waals surface area contributed by atoms with Crippen LogP contribution in [0.2, 0.25) is 0 Å². The van der Waals surface area contributed by atoms with Gasteiger partial charge in [0.1, 0.15) is 5.70 Å². The van der Waals surface area contributed by atoms with E-state index in [1.54, 1.807) is 5.01 Å². The first-order valence-corrected chi connectivity index (χ1v) is 9.48. The van der Waals surface area contributed by atoms with Gasteiger partial charge in [0, 0.05) is 25.0 Å². The molecule has 0 fully saturated rings. The number of carbonyl (C=O) groups excluding carboxylic acids is 1. The van der Waals surface area contributed by atoms with Gasteiger partial charge < -0.3 is 4.90 Å².